The van der Waals surface area contributed by atoms with E-state index in [0.717, 1.165) is 4.31 Å². The minimum Gasteiger partial charge on any atom is -0.319 e. The highest BCUT2D eigenvalue weighted by Gasteiger charge is 2.21. The molecule has 0 bridgehead atoms. The molecule has 11 heteroatoms. The van der Waals surface area contributed by atoms with Crippen molar-refractivity contribution in [1.82, 2.24) is 24.1 Å². The van der Waals surface area contributed by atoms with Crippen LogP contribution in [0, 0.1) is 0 Å². The van der Waals surface area contributed by atoms with Crippen LogP contribution in [0.1, 0.15) is 10.4 Å². The van der Waals surface area contributed by atoms with Gasteiger partial charge in [-0.25, -0.2) is 27.4 Å². The molecule has 1 aromatic carbocycles. The fraction of sp³-hybridized carbons (Fsp3) is 0.125. The van der Waals surface area contributed by atoms with Crippen molar-refractivity contribution < 1.29 is 13.2 Å². The minimum absolute atomic E-state index is 0.0213. The van der Waals surface area contributed by atoms with Gasteiger partial charge in [-0.1, -0.05) is 11.6 Å². The Kier molecular flexibility index (Phi) is 5.22. The number of anilines is 1. The van der Waals surface area contributed by atoms with Gasteiger partial charge in [0.2, 0.25) is 10.0 Å². The molecular weight excluding hydrogens is 392 g/mol. The van der Waals surface area contributed by atoms with Gasteiger partial charge in [-0.05, 0) is 30.3 Å². The summed E-state index contributed by atoms with van der Waals surface area (Å²) in [5.74, 6) is -0.221. The molecular formula is C16H15ClN6O3S. The first kappa shape index (κ1) is 19.0. The summed E-state index contributed by atoms with van der Waals surface area (Å²) in [5, 5.41) is 6.79. The molecule has 1 amide bonds. The molecule has 2 heterocycles. The Morgan fingerprint density at radius 2 is 2.04 bits per heavy atom. The van der Waals surface area contributed by atoms with E-state index in [1.807, 2.05) is 0 Å². The van der Waals surface area contributed by atoms with Crippen molar-refractivity contribution in [1.29, 1.82) is 0 Å². The lowest BCUT2D eigenvalue weighted by atomic mass is 10.2. The molecule has 3 rings (SSSR count). The fourth-order valence-electron chi connectivity index (χ4n) is 2.23. The molecule has 0 unspecified atom stereocenters. The molecule has 2 aromatic heterocycles. The second kappa shape index (κ2) is 7.43. The molecule has 0 aliphatic carbocycles. The van der Waals surface area contributed by atoms with Gasteiger partial charge >= 0.3 is 0 Å². The number of pyridine rings is 1. The van der Waals surface area contributed by atoms with Crippen LogP contribution >= 0.6 is 11.6 Å². The van der Waals surface area contributed by atoms with Crippen molar-refractivity contribution in [2.24, 2.45) is 0 Å². The molecule has 0 atom stereocenters. The molecule has 9 nitrogen and oxygen atoms in total. The highest BCUT2D eigenvalue weighted by molar-refractivity contribution is 7.89. The summed E-state index contributed by atoms with van der Waals surface area (Å²) in [6.07, 6.45) is 4.33. The van der Waals surface area contributed by atoms with Crippen LogP contribution in [0.25, 0.3) is 5.82 Å². The van der Waals surface area contributed by atoms with E-state index in [1.54, 1.807) is 18.3 Å². The van der Waals surface area contributed by atoms with E-state index < -0.39 is 15.9 Å². The van der Waals surface area contributed by atoms with Gasteiger partial charge in [0.25, 0.3) is 5.91 Å². The Labute approximate surface area is 160 Å². The number of aromatic nitrogens is 4. The summed E-state index contributed by atoms with van der Waals surface area (Å²) in [7, 11) is -0.893. The number of hydrogen-bond donors (Lipinski definition) is 1. The van der Waals surface area contributed by atoms with Crippen LogP contribution in [0.5, 0.6) is 0 Å². The molecule has 1 N–H and O–H groups in total. The Morgan fingerprint density at radius 3 is 2.70 bits per heavy atom. The van der Waals surface area contributed by atoms with E-state index in [-0.39, 0.29) is 15.5 Å². The third kappa shape index (κ3) is 3.82. The quantitative estimate of drug-likeness (QED) is 0.692. The molecule has 0 spiro atoms. The van der Waals surface area contributed by atoms with Gasteiger partial charge < -0.3 is 5.32 Å². The van der Waals surface area contributed by atoms with Gasteiger partial charge in [0.05, 0.1) is 21.2 Å². The van der Waals surface area contributed by atoms with E-state index in [9.17, 15) is 13.2 Å². The number of rotatable bonds is 5. The Morgan fingerprint density at radius 1 is 1.26 bits per heavy atom. The van der Waals surface area contributed by atoms with Crippen LogP contribution in [0.4, 0.5) is 5.69 Å². The lowest BCUT2D eigenvalue weighted by Gasteiger charge is -2.14. The number of amides is 1. The summed E-state index contributed by atoms with van der Waals surface area (Å²) in [6.45, 7) is 0. The summed E-state index contributed by atoms with van der Waals surface area (Å²) in [5.41, 5.74) is 0.387. The molecule has 0 saturated carbocycles. The van der Waals surface area contributed by atoms with Crippen LogP contribution in [0.15, 0.2) is 54.1 Å². The normalized spacial score (nSPS) is 11.6. The second-order valence-corrected chi connectivity index (χ2v) is 8.16. The molecule has 0 aliphatic rings. The van der Waals surface area contributed by atoms with Crippen molar-refractivity contribution in [3.63, 3.8) is 0 Å². The van der Waals surface area contributed by atoms with Crippen molar-refractivity contribution >= 4 is 33.2 Å². The molecule has 27 heavy (non-hydrogen) atoms. The van der Waals surface area contributed by atoms with Crippen LogP contribution in [0.2, 0.25) is 5.02 Å². The SMILES string of the molecule is CN(C)S(=O)(=O)c1ccc(Cl)c(C(=O)Nc2cccnc2-n2cncn2)c1. The summed E-state index contributed by atoms with van der Waals surface area (Å²) in [6, 6.07) is 7.23. The molecule has 0 fully saturated rings. The number of nitrogens with zero attached hydrogens (tertiary/aromatic N) is 5. The second-order valence-electron chi connectivity index (χ2n) is 5.60. The summed E-state index contributed by atoms with van der Waals surface area (Å²) < 4.78 is 27.1. The van der Waals surface area contributed by atoms with Crippen LogP contribution in [-0.4, -0.2) is 52.5 Å². The lowest BCUT2D eigenvalue weighted by molar-refractivity contribution is 0.102. The summed E-state index contributed by atoms with van der Waals surface area (Å²) >= 11 is 6.11. The Bertz CT molecular complexity index is 1080. The highest BCUT2D eigenvalue weighted by Crippen LogP contribution is 2.24. The Balaban J connectivity index is 1.97. The maximum absolute atomic E-state index is 12.7. The zero-order valence-corrected chi connectivity index (χ0v) is 15.9. The van der Waals surface area contributed by atoms with E-state index in [0.29, 0.717) is 11.5 Å². The van der Waals surface area contributed by atoms with Crippen LogP contribution in [0.3, 0.4) is 0 Å². The fourth-order valence-corrected chi connectivity index (χ4v) is 3.37. The number of carbonyl (C=O) groups is 1. The maximum atomic E-state index is 12.7. The minimum atomic E-state index is -3.71. The zero-order valence-electron chi connectivity index (χ0n) is 14.4. The standard InChI is InChI=1S/C16H15ClN6O3S/c1-22(2)27(25,26)11-5-6-13(17)12(8-11)16(24)21-14-4-3-7-19-15(14)23-10-18-9-20-23/h3-10H,1-2H3,(H,21,24). The van der Waals surface area contributed by atoms with Gasteiger partial charge in [0.1, 0.15) is 12.7 Å². The lowest BCUT2D eigenvalue weighted by Crippen LogP contribution is -2.23. The van der Waals surface area contributed by atoms with Crippen molar-refractivity contribution in [3.8, 4) is 5.82 Å². The highest BCUT2D eigenvalue weighted by atomic mass is 35.5. The number of nitrogens with one attached hydrogen (secondary N) is 1. The smallest absolute Gasteiger partial charge is 0.257 e. The number of carbonyl (C=O) groups excluding carboxylic acids is 1. The first-order valence-electron chi connectivity index (χ1n) is 7.64. The van der Waals surface area contributed by atoms with E-state index in [4.69, 9.17) is 11.6 Å². The largest absolute Gasteiger partial charge is 0.319 e. The first-order chi connectivity index (χ1) is 12.8. The van der Waals surface area contributed by atoms with Crippen LogP contribution < -0.4 is 5.32 Å². The van der Waals surface area contributed by atoms with E-state index in [1.165, 1.54) is 49.6 Å². The third-order valence-electron chi connectivity index (χ3n) is 3.63. The summed E-state index contributed by atoms with van der Waals surface area (Å²) in [4.78, 5) is 20.7. The van der Waals surface area contributed by atoms with Crippen LogP contribution in [-0.2, 0) is 10.0 Å². The predicted molar refractivity (Wildman–Crippen MR) is 99.4 cm³/mol. The maximum Gasteiger partial charge on any atom is 0.257 e. The topological polar surface area (TPSA) is 110 Å². The number of hydrogen-bond acceptors (Lipinski definition) is 6. The van der Waals surface area contributed by atoms with E-state index in [2.05, 4.69) is 20.4 Å². The molecule has 0 radical (unpaired) electrons. The van der Waals surface area contributed by atoms with Gasteiger partial charge in [-0.3, -0.25) is 4.79 Å². The molecule has 0 saturated heterocycles. The predicted octanol–water partition coefficient (Wildman–Crippen LogP) is 1.82. The number of sulfonamides is 1. The average Bonchev–Trinajstić information content (AvgIpc) is 3.16. The number of benzene rings is 1. The van der Waals surface area contributed by atoms with Gasteiger partial charge in [0, 0.05) is 20.3 Å². The van der Waals surface area contributed by atoms with Crippen molar-refractivity contribution in [3.05, 3.63) is 59.8 Å². The Hall–Kier alpha value is -2.82. The van der Waals surface area contributed by atoms with E-state index >= 15 is 0 Å². The average molecular weight is 407 g/mol. The van der Waals surface area contributed by atoms with Crippen molar-refractivity contribution in [2.45, 2.75) is 4.90 Å². The molecule has 3 aromatic rings. The van der Waals surface area contributed by atoms with Gasteiger partial charge in [-0.15, -0.1) is 0 Å². The molecule has 140 valence electrons. The van der Waals surface area contributed by atoms with Crippen molar-refractivity contribution in [2.75, 3.05) is 19.4 Å². The number of halogens is 1. The van der Waals surface area contributed by atoms with Gasteiger partial charge in [-0.2, -0.15) is 5.10 Å². The third-order valence-corrected chi connectivity index (χ3v) is 5.77. The first-order valence-corrected chi connectivity index (χ1v) is 9.46. The molecule has 0 aliphatic heterocycles. The monoisotopic (exact) mass is 406 g/mol. The van der Waals surface area contributed by atoms with Gasteiger partial charge in [0.15, 0.2) is 5.82 Å². The zero-order chi connectivity index (χ0) is 19.6.